The number of likely N-dealkylation sites (N-methyl/N-ethyl adjacent to an activating group) is 1. The van der Waals surface area contributed by atoms with E-state index in [4.69, 9.17) is 13.8 Å². The Morgan fingerprint density at radius 3 is 1.54 bits per heavy atom. The number of hydrogen-bond acceptors (Lipinski definition) is 6. The summed E-state index contributed by atoms with van der Waals surface area (Å²) >= 11 is 0. The molecule has 0 rings (SSSR count). The minimum atomic E-state index is -4.44. The molecule has 2 unspecified atom stereocenters. The Labute approximate surface area is 229 Å². The summed E-state index contributed by atoms with van der Waals surface area (Å²) in [5.41, 5.74) is 0. The summed E-state index contributed by atoms with van der Waals surface area (Å²) in [5, 5.41) is 0. The minimum absolute atomic E-state index is 0.0593. The zero-order chi connectivity index (χ0) is 27.8. The molecule has 0 aliphatic carbocycles. The average Bonchev–Trinajstić information content (AvgIpc) is 2.80. The van der Waals surface area contributed by atoms with Gasteiger partial charge in [0.15, 0.2) is 0 Å². The molecule has 0 aromatic rings. The number of esters is 1. The highest BCUT2D eigenvalue weighted by molar-refractivity contribution is 7.45. The normalized spacial score (nSPS) is 14.4. The van der Waals surface area contributed by atoms with Gasteiger partial charge in [-0.2, -0.15) is 0 Å². The summed E-state index contributed by atoms with van der Waals surface area (Å²) in [6.07, 6.45) is 23.3. The zero-order valence-corrected chi connectivity index (χ0v) is 25.9. The van der Waals surface area contributed by atoms with Crippen LogP contribution in [0.25, 0.3) is 0 Å². The van der Waals surface area contributed by atoms with Gasteiger partial charge in [0.1, 0.15) is 25.9 Å². The maximum atomic E-state index is 12.2. The Bertz CT molecular complexity index is 581. The number of unbranched alkanes of at least 4 members (excludes halogenated alkanes) is 17. The molecule has 0 fully saturated rings. The summed E-state index contributed by atoms with van der Waals surface area (Å²) in [7, 11) is 1.44. The molecule has 0 spiro atoms. The highest BCUT2D eigenvalue weighted by Crippen LogP contribution is 2.40. The summed E-state index contributed by atoms with van der Waals surface area (Å²) in [6.45, 7) is 4.11. The maximum Gasteiger partial charge on any atom is 0.302 e. The minimum Gasteiger partial charge on any atom is -0.756 e. The van der Waals surface area contributed by atoms with Crippen molar-refractivity contribution in [1.29, 1.82) is 0 Å². The molecule has 0 aromatic heterocycles. The van der Waals surface area contributed by atoms with Gasteiger partial charge in [-0.05, 0) is 6.42 Å². The lowest BCUT2D eigenvalue weighted by Gasteiger charge is -2.30. The molecule has 0 heterocycles. The second kappa shape index (κ2) is 23.4. The van der Waals surface area contributed by atoms with Gasteiger partial charge in [-0.15, -0.1) is 0 Å². The molecule has 0 aliphatic heterocycles. The molecule has 0 aromatic carbocycles. The topological polar surface area (TPSA) is 84.9 Å². The lowest BCUT2D eigenvalue weighted by atomic mass is 10.0. The predicted molar refractivity (Wildman–Crippen MR) is 151 cm³/mol. The third-order valence-corrected chi connectivity index (χ3v) is 7.70. The fourth-order valence-electron chi connectivity index (χ4n) is 4.29. The third kappa shape index (κ3) is 28.4. The van der Waals surface area contributed by atoms with E-state index >= 15 is 0 Å². The van der Waals surface area contributed by atoms with Crippen LogP contribution >= 0.6 is 7.82 Å². The van der Waals surface area contributed by atoms with Crippen LogP contribution in [-0.4, -0.2) is 57.5 Å². The van der Waals surface area contributed by atoms with Crippen LogP contribution < -0.4 is 4.89 Å². The average molecular weight is 550 g/mol. The highest BCUT2D eigenvalue weighted by atomic mass is 31.2. The molecule has 0 aliphatic rings. The van der Waals surface area contributed by atoms with Crippen molar-refractivity contribution in [3.63, 3.8) is 0 Å². The number of hydrogen-bond donors (Lipinski definition) is 0. The maximum absolute atomic E-state index is 12.2. The van der Waals surface area contributed by atoms with Gasteiger partial charge in [-0.1, -0.05) is 122 Å². The lowest BCUT2D eigenvalue weighted by molar-refractivity contribution is -0.870. The van der Waals surface area contributed by atoms with Crippen molar-refractivity contribution in [2.45, 2.75) is 142 Å². The summed E-state index contributed by atoms with van der Waals surface area (Å²) in [6, 6.07) is 0. The largest absolute Gasteiger partial charge is 0.756 e. The van der Waals surface area contributed by atoms with E-state index < -0.39 is 19.9 Å². The van der Waals surface area contributed by atoms with Crippen LogP contribution in [0.1, 0.15) is 136 Å². The smallest absolute Gasteiger partial charge is 0.302 e. The number of ether oxygens (including phenoxy) is 1. The Morgan fingerprint density at radius 2 is 1.16 bits per heavy atom. The van der Waals surface area contributed by atoms with Gasteiger partial charge in [0, 0.05) is 6.92 Å². The molecule has 0 saturated carbocycles. The van der Waals surface area contributed by atoms with Crippen molar-refractivity contribution >= 4 is 13.8 Å². The number of phosphoric acid groups is 1. The van der Waals surface area contributed by atoms with Crippen LogP contribution in [0.4, 0.5) is 0 Å². The monoisotopic (exact) mass is 549 g/mol. The Balaban J connectivity index is 3.79. The summed E-state index contributed by atoms with van der Waals surface area (Å²) in [5.74, 6) is -0.446. The van der Waals surface area contributed by atoms with Crippen LogP contribution in [0.2, 0.25) is 0 Å². The van der Waals surface area contributed by atoms with Crippen LogP contribution in [0, 0.1) is 0 Å². The standard InChI is InChI=1S/C29H60NO6P/c1-6-7-8-9-10-11-12-13-14-15-16-17-18-19-20-21-22-23-24-29(27-34-28(2)31)36-37(32,33)35-26-25-30(3,4)5/h29H,6-27H2,1-5H3. The van der Waals surface area contributed by atoms with Crippen molar-refractivity contribution in [2.75, 3.05) is 40.9 Å². The number of rotatable bonds is 27. The van der Waals surface area contributed by atoms with Gasteiger partial charge in [-0.3, -0.25) is 9.36 Å². The van der Waals surface area contributed by atoms with Crippen LogP contribution in [-0.2, 0) is 23.1 Å². The number of carbonyl (C=O) groups is 1. The van der Waals surface area contributed by atoms with E-state index in [1.165, 1.54) is 103 Å². The molecule has 0 saturated heterocycles. The Kier molecular flexibility index (Phi) is 23.1. The second-order valence-electron chi connectivity index (χ2n) is 11.6. The molecule has 37 heavy (non-hydrogen) atoms. The third-order valence-electron chi connectivity index (χ3n) is 6.64. The van der Waals surface area contributed by atoms with Crippen molar-refractivity contribution in [3.05, 3.63) is 0 Å². The quantitative estimate of drug-likeness (QED) is 0.0455. The lowest BCUT2D eigenvalue weighted by Crippen LogP contribution is -2.37. The van der Waals surface area contributed by atoms with Crippen molar-refractivity contribution in [1.82, 2.24) is 0 Å². The predicted octanol–water partition coefficient (Wildman–Crippen LogP) is 7.56. The second-order valence-corrected chi connectivity index (χ2v) is 13.0. The first-order chi connectivity index (χ1) is 17.6. The van der Waals surface area contributed by atoms with E-state index in [0.29, 0.717) is 17.4 Å². The fourth-order valence-corrected chi connectivity index (χ4v) is 5.19. The number of carbonyl (C=O) groups excluding carboxylic acids is 1. The summed E-state index contributed by atoms with van der Waals surface area (Å²) < 4.78 is 28.0. The van der Waals surface area contributed by atoms with E-state index in [1.807, 2.05) is 21.1 Å². The SMILES string of the molecule is CCCCCCCCCCCCCCCCCCCCC(COC(C)=O)OP(=O)([O-])OCC[N+](C)(C)C. The molecule has 222 valence electrons. The van der Waals surface area contributed by atoms with E-state index in [9.17, 15) is 14.3 Å². The first kappa shape index (κ1) is 36.5. The first-order valence-corrected chi connectivity index (χ1v) is 16.6. The molecular formula is C29H60NO6P. The van der Waals surface area contributed by atoms with Crippen LogP contribution in [0.5, 0.6) is 0 Å². The first-order valence-electron chi connectivity index (χ1n) is 15.1. The van der Waals surface area contributed by atoms with Gasteiger partial charge in [0.05, 0.1) is 21.1 Å². The molecule has 7 nitrogen and oxygen atoms in total. The van der Waals surface area contributed by atoms with Gasteiger partial charge in [-0.25, -0.2) is 0 Å². The van der Waals surface area contributed by atoms with Crippen molar-refractivity contribution in [2.24, 2.45) is 0 Å². The van der Waals surface area contributed by atoms with Crippen LogP contribution in [0.15, 0.2) is 0 Å². The number of quaternary nitrogens is 1. The highest BCUT2D eigenvalue weighted by Gasteiger charge is 2.20. The molecule has 0 radical (unpaired) electrons. The van der Waals surface area contributed by atoms with Gasteiger partial charge >= 0.3 is 5.97 Å². The fraction of sp³-hybridized carbons (Fsp3) is 0.966. The van der Waals surface area contributed by atoms with Gasteiger partial charge < -0.3 is 23.2 Å². The molecule has 0 amide bonds. The Morgan fingerprint density at radius 1 is 0.757 bits per heavy atom. The zero-order valence-electron chi connectivity index (χ0n) is 25.0. The Hall–Kier alpha value is -0.460. The number of nitrogens with zero attached hydrogens (tertiary/aromatic N) is 1. The molecule has 0 N–H and O–H groups in total. The van der Waals surface area contributed by atoms with E-state index in [0.717, 1.165) is 19.3 Å². The van der Waals surface area contributed by atoms with Crippen LogP contribution in [0.3, 0.4) is 0 Å². The van der Waals surface area contributed by atoms with Gasteiger partial charge in [0.2, 0.25) is 0 Å². The summed E-state index contributed by atoms with van der Waals surface area (Å²) in [4.78, 5) is 23.4. The van der Waals surface area contributed by atoms with Crippen molar-refractivity contribution in [3.8, 4) is 0 Å². The van der Waals surface area contributed by atoms with E-state index in [1.54, 1.807) is 0 Å². The van der Waals surface area contributed by atoms with Gasteiger partial charge in [0.25, 0.3) is 7.82 Å². The van der Waals surface area contributed by atoms with E-state index in [2.05, 4.69) is 6.92 Å². The van der Waals surface area contributed by atoms with Crippen molar-refractivity contribution < 1.29 is 32.5 Å². The molecule has 2 atom stereocenters. The molecule has 0 bridgehead atoms. The van der Waals surface area contributed by atoms with E-state index in [-0.39, 0.29) is 13.2 Å². The number of phosphoric ester groups is 1. The molecular weight excluding hydrogens is 489 g/mol. The molecule has 8 heteroatoms.